The summed E-state index contributed by atoms with van der Waals surface area (Å²) in [5.41, 5.74) is 0.957. The highest BCUT2D eigenvalue weighted by atomic mass is 19.4. The largest absolute Gasteiger partial charge is 0.481 e. The van der Waals surface area contributed by atoms with Gasteiger partial charge in [0.05, 0.1) is 11.5 Å². The van der Waals surface area contributed by atoms with Gasteiger partial charge in [0.1, 0.15) is 5.69 Å². The van der Waals surface area contributed by atoms with Gasteiger partial charge in [0, 0.05) is 17.4 Å². The van der Waals surface area contributed by atoms with Crippen LogP contribution in [-0.2, 0) is 16.6 Å². The average molecular weight is 500 g/mol. The van der Waals surface area contributed by atoms with Gasteiger partial charge in [-0.3, -0.25) is 4.79 Å². The number of aliphatic hydroxyl groups is 1. The molecule has 9 heteroatoms. The first kappa shape index (κ1) is 25.6. The predicted octanol–water partition coefficient (Wildman–Crippen LogP) is 6.31. The summed E-state index contributed by atoms with van der Waals surface area (Å²) in [7, 11) is 0. The van der Waals surface area contributed by atoms with Gasteiger partial charge < -0.3 is 15.5 Å². The van der Waals surface area contributed by atoms with Crippen LogP contribution in [0.25, 0.3) is 11.1 Å². The maximum atomic E-state index is 13.3. The lowest BCUT2D eigenvalue weighted by Crippen LogP contribution is -2.37. The molecule has 1 aliphatic carbocycles. The summed E-state index contributed by atoms with van der Waals surface area (Å²) in [6.45, 7) is 3.53. The number of halogens is 3. The van der Waals surface area contributed by atoms with Crippen LogP contribution in [0, 0.1) is 18.8 Å². The van der Waals surface area contributed by atoms with Gasteiger partial charge in [0.15, 0.2) is 0 Å². The minimum atomic E-state index is -4.63. The topological polar surface area (TPSA) is 95.3 Å². The summed E-state index contributed by atoms with van der Waals surface area (Å²) in [6, 6.07) is 14.0. The Kier molecular flexibility index (Phi) is 7.04. The Balaban J connectivity index is 1.78. The molecule has 0 spiro atoms. The Morgan fingerprint density at radius 2 is 1.69 bits per heavy atom. The zero-order valence-corrected chi connectivity index (χ0v) is 20.0. The Hall–Kier alpha value is -3.46. The van der Waals surface area contributed by atoms with Crippen molar-refractivity contribution in [3.63, 3.8) is 0 Å². The SMILES string of the molecule is Cc1cc(-c2ccccc2)cc(Nc2nccc(C(F)(F)F)n2)c1[C@](C)(O)C1CCC(C(=O)O)CC1. The Bertz CT molecular complexity index is 1240. The van der Waals surface area contributed by atoms with E-state index in [2.05, 4.69) is 15.3 Å². The molecule has 36 heavy (non-hydrogen) atoms. The van der Waals surface area contributed by atoms with Crippen LogP contribution in [0.2, 0.25) is 0 Å². The van der Waals surface area contributed by atoms with Crippen LogP contribution in [0.1, 0.15) is 49.4 Å². The van der Waals surface area contributed by atoms with E-state index in [0.717, 1.165) is 29.0 Å². The highest BCUT2D eigenvalue weighted by molar-refractivity contribution is 5.75. The molecule has 1 saturated carbocycles. The van der Waals surface area contributed by atoms with E-state index in [1.54, 1.807) is 13.0 Å². The van der Waals surface area contributed by atoms with Crippen LogP contribution in [0.5, 0.6) is 0 Å². The van der Waals surface area contributed by atoms with Crippen LogP contribution < -0.4 is 5.32 Å². The van der Waals surface area contributed by atoms with Gasteiger partial charge in [-0.2, -0.15) is 13.2 Å². The number of nitrogens with one attached hydrogen (secondary N) is 1. The number of alkyl halides is 3. The zero-order valence-electron chi connectivity index (χ0n) is 20.0. The zero-order chi connectivity index (χ0) is 26.1. The van der Waals surface area contributed by atoms with Crippen molar-refractivity contribution in [3.05, 3.63) is 71.5 Å². The van der Waals surface area contributed by atoms with Gasteiger partial charge in [0.25, 0.3) is 0 Å². The Morgan fingerprint density at radius 1 is 1.03 bits per heavy atom. The molecule has 1 fully saturated rings. The molecule has 0 amide bonds. The summed E-state index contributed by atoms with van der Waals surface area (Å²) in [6.07, 6.45) is -1.64. The minimum absolute atomic E-state index is 0.225. The van der Waals surface area contributed by atoms with Crippen molar-refractivity contribution in [2.75, 3.05) is 5.32 Å². The van der Waals surface area contributed by atoms with Crippen molar-refractivity contribution < 1.29 is 28.2 Å². The number of benzene rings is 2. The van der Waals surface area contributed by atoms with Gasteiger partial charge in [0.2, 0.25) is 5.95 Å². The third-order valence-corrected chi connectivity index (χ3v) is 7.01. The van der Waals surface area contributed by atoms with Crippen molar-refractivity contribution in [3.8, 4) is 11.1 Å². The Morgan fingerprint density at radius 3 is 2.31 bits per heavy atom. The molecule has 3 N–H and O–H groups in total. The first-order valence-corrected chi connectivity index (χ1v) is 11.8. The lowest BCUT2D eigenvalue weighted by Gasteiger charge is -2.39. The molecule has 0 saturated heterocycles. The maximum Gasteiger partial charge on any atom is 0.433 e. The van der Waals surface area contributed by atoms with Crippen LogP contribution in [0.4, 0.5) is 24.8 Å². The van der Waals surface area contributed by atoms with E-state index in [1.807, 2.05) is 43.3 Å². The maximum absolute atomic E-state index is 13.3. The van der Waals surface area contributed by atoms with Crippen molar-refractivity contribution in [1.29, 1.82) is 0 Å². The molecule has 0 bridgehead atoms. The number of nitrogens with zero attached hydrogens (tertiary/aromatic N) is 2. The number of carboxylic acids is 1. The third-order valence-electron chi connectivity index (χ3n) is 7.01. The molecule has 1 heterocycles. The van der Waals surface area contributed by atoms with Gasteiger partial charge in [-0.15, -0.1) is 0 Å². The van der Waals surface area contributed by atoms with Crippen molar-refractivity contribution >= 4 is 17.6 Å². The van der Waals surface area contributed by atoms with Gasteiger partial charge in [-0.05, 0) is 74.3 Å². The van der Waals surface area contributed by atoms with E-state index in [1.165, 1.54) is 0 Å². The average Bonchev–Trinajstić information content (AvgIpc) is 2.84. The molecule has 0 aliphatic heterocycles. The second-order valence-electron chi connectivity index (χ2n) is 9.50. The van der Waals surface area contributed by atoms with E-state index in [9.17, 15) is 28.2 Å². The van der Waals surface area contributed by atoms with Gasteiger partial charge >= 0.3 is 12.1 Å². The molecule has 0 radical (unpaired) electrons. The minimum Gasteiger partial charge on any atom is -0.481 e. The fourth-order valence-corrected chi connectivity index (χ4v) is 5.16. The number of hydrogen-bond acceptors (Lipinski definition) is 5. The van der Waals surface area contributed by atoms with Gasteiger partial charge in [-0.1, -0.05) is 36.4 Å². The fraction of sp³-hybridized carbons (Fsp3) is 0.370. The molecule has 4 rings (SSSR count). The van der Waals surface area contributed by atoms with Crippen molar-refractivity contribution in [1.82, 2.24) is 9.97 Å². The number of aryl methyl sites for hydroxylation is 1. The van der Waals surface area contributed by atoms with Crippen LogP contribution in [0.3, 0.4) is 0 Å². The first-order valence-electron chi connectivity index (χ1n) is 11.8. The van der Waals surface area contributed by atoms with E-state index >= 15 is 0 Å². The molecule has 1 aliphatic rings. The molecular weight excluding hydrogens is 471 g/mol. The smallest absolute Gasteiger partial charge is 0.433 e. The van der Waals surface area contributed by atoms with E-state index < -0.39 is 29.4 Å². The summed E-state index contributed by atoms with van der Waals surface area (Å²) in [4.78, 5) is 19.0. The molecule has 3 aromatic rings. The number of aromatic nitrogens is 2. The predicted molar refractivity (Wildman–Crippen MR) is 130 cm³/mol. The highest BCUT2D eigenvalue weighted by Crippen LogP contribution is 2.46. The lowest BCUT2D eigenvalue weighted by atomic mass is 9.70. The molecule has 2 aromatic carbocycles. The van der Waals surface area contributed by atoms with Gasteiger partial charge in [-0.25, -0.2) is 9.97 Å². The molecule has 0 unspecified atom stereocenters. The van der Waals surface area contributed by atoms with Crippen molar-refractivity contribution in [2.45, 2.75) is 51.3 Å². The van der Waals surface area contributed by atoms with E-state index in [-0.39, 0.29) is 11.9 Å². The number of carbonyl (C=O) groups is 1. The number of aliphatic carboxylic acids is 1. The third kappa shape index (κ3) is 5.36. The molecular formula is C27H28F3N3O3. The van der Waals surface area contributed by atoms with Crippen LogP contribution >= 0.6 is 0 Å². The highest BCUT2D eigenvalue weighted by Gasteiger charge is 2.40. The van der Waals surface area contributed by atoms with Crippen LogP contribution in [-0.4, -0.2) is 26.2 Å². The summed E-state index contributed by atoms with van der Waals surface area (Å²) >= 11 is 0. The number of rotatable bonds is 6. The molecule has 1 atom stereocenters. The summed E-state index contributed by atoms with van der Waals surface area (Å²) in [5.74, 6) is -1.73. The number of carboxylic acid groups (broad SMARTS) is 1. The summed E-state index contributed by atoms with van der Waals surface area (Å²) < 4.78 is 39.8. The number of anilines is 2. The van der Waals surface area contributed by atoms with E-state index in [4.69, 9.17) is 0 Å². The second-order valence-corrected chi connectivity index (χ2v) is 9.50. The summed E-state index contributed by atoms with van der Waals surface area (Å²) in [5, 5.41) is 24.1. The normalized spacial score (nSPS) is 19.9. The second kappa shape index (κ2) is 9.89. The molecule has 190 valence electrons. The van der Waals surface area contributed by atoms with Crippen molar-refractivity contribution in [2.24, 2.45) is 11.8 Å². The van der Waals surface area contributed by atoms with E-state index in [0.29, 0.717) is 36.9 Å². The standard InChI is InChI=1S/C27H28F3N3O3/c1-16-14-19(17-6-4-3-5-7-17)15-21(32-25-31-13-12-22(33-25)27(28,29)30)23(16)26(2,36)20-10-8-18(9-11-20)24(34)35/h3-7,12-15,18,20,36H,8-11H2,1-2H3,(H,34,35)(H,31,32,33)/t18?,20?,26-/m1/s1. The molecule has 6 nitrogen and oxygen atoms in total. The van der Waals surface area contributed by atoms with Crippen LogP contribution in [0.15, 0.2) is 54.7 Å². The lowest BCUT2D eigenvalue weighted by molar-refractivity contribution is -0.144. The first-order chi connectivity index (χ1) is 17.0. The quantitative estimate of drug-likeness (QED) is 0.368. The Labute approximate surface area is 207 Å². The number of hydrogen-bond donors (Lipinski definition) is 3. The fourth-order valence-electron chi connectivity index (χ4n) is 5.16. The monoisotopic (exact) mass is 499 g/mol. The molecule has 1 aromatic heterocycles.